The van der Waals surface area contributed by atoms with Gasteiger partial charge in [0.15, 0.2) is 0 Å². The third-order valence-electron chi connectivity index (χ3n) is 3.19. The molecular formula is C11H17NO5. The highest BCUT2D eigenvalue weighted by Gasteiger charge is 2.69. The average molecular weight is 243 g/mol. The van der Waals surface area contributed by atoms with Gasteiger partial charge in [-0.15, -0.1) is 0 Å². The molecule has 1 N–H and O–H groups in total. The predicted octanol–water partition coefficient (Wildman–Crippen LogP) is 0.909. The molecule has 1 saturated carbocycles. The maximum absolute atomic E-state index is 11.7. The summed E-state index contributed by atoms with van der Waals surface area (Å²) < 4.78 is 10.4. The van der Waals surface area contributed by atoms with Crippen molar-refractivity contribution < 1.29 is 24.2 Å². The summed E-state index contributed by atoms with van der Waals surface area (Å²) in [6.45, 7) is 5.82. The van der Waals surface area contributed by atoms with E-state index in [1.54, 1.807) is 0 Å². The summed E-state index contributed by atoms with van der Waals surface area (Å²) in [6, 6.07) is -0.385. The number of amides is 1. The van der Waals surface area contributed by atoms with Crippen molar-refractivity contribution in [1.82, 2.24) is 4.90 Å². The lowest BCUT2D eigenvalue weighted by molar-refractivity contribution is -0.145. The molecule has 0 radical (unpaired) electrons. The molecule has 0 spiro atoms. The van der Waals surface area contributed by atoms with Gasteiger partial charge in [-0.1, -0.05) is 20.8 Å². The number of methoxy groups -OCH3 is 1. The Morgan fingerprint density at radius 1 is 1.35 bits per heavy atom. The number of carboxylic acids is 1. The smallest absolute Gasteiger partial charge is 0.411 e. The fourth-order valence-corrected chi connectivity index (χ4v) is 2.37. The van der Waals surface area contributed by atoms with E-state index in [1.807, 2.05) is 20.8 Å². The molecule has 1 heterocycles. The van der Waals surface area contributed by atoms with Crippen LogP contribution in [0.3, 0.4) is 0 Å². The highest BCUT2D eigenvalue weighted by Crippen LogP contribution is 2.50. The van der Waals surface area contributed by atoms with Crippen LogP contribution in [0.5, 0.6) is 0 Å². The van der Waals surface area contributed by atoms with E-state index < -0.39 is 30.3 Å². The van der Waals surface area contributed by atoms with Gasteiger partial charge in [-0.25, -0.2) is 4.79 Å². The number of carboxylic acid groups (broad SMARTS) is 1. The molecule has 1 aliphatic carbocycles. The zero-order chi connectivity index (χ0) is 13.0. The number of rotatable bonds is 1. The van der Waals surface area contributed by atoms with Crippen LogP contribution in [0, 0.1) is 11.3 Å². The molecule has 0 aromatic carbocycles. The molecule has 17 heavy (non-hydrogen) atoms. The van der Waals surface area contributed by atoms with Crippen LogP contribution in [-0.2, 0) is 14.3 Å². The molecule has 96 valence electrons. The largest absolute Gasteiger partial charge is 0.481 e. The van der Waals surface area contributed by atoms with Crippen molar-refractivity contribution in [2.45, 2.75) is 39.1 Å². The van der Waals surface area contributed by atoms with Gasteiger partial charge in [0.25, 0.3) is 0 Å². The number of carbonyl (C=O) groups excluding carboxylic acids is 1. The Morgan fingerprint density at radius 2 is 1.94 bits per heavy atom. The van der Waals surface area contributed by atoms with Gasteiger partial charge < -0.3 is 14.6 Å². The Kier molecular flexibility index (Phi) is 2.57. The van der Waals surface area contributed by atoms with Gasteiger partial charge in [-0.2, -0.15) is 0 Å². The predicted molar refractivity (Wildman–Crippen MR) is 57.3 cm³/mol. The van der Waals surface area contributed by atoms with E-state index in [4.69, 9.17) is 14.6 Å². The van der Waals surface area contributed by atoms with Crippen LogP contribution in [0.1, 0.15) is 20.8 Å². The molecule has 1 saturated heterocycles. The molecule has 4 atom stereocenters. The highest BCUT2D eigenvalue weighted by molar-refractivity contribution is 5.79. The lowest BCUT2D eigenvalue weighted by atomic mass is 9.93. The van der Waals surface area contributed by atoms with Crippen LogP contribution in [0.4, 0.5) is 4.79 Å². The summed E-state index contributed by atoms with van der Waals surface area (Å²) in [5.41, 5.74) is -0.273. The second-order valence-corrected chi connectivity index (χ2v) is 5.55. The molecular weight excluding hydrogens is 226 g/mol. The maximum atomic E-state index is 11.7. The van der Waals surface area contributed by atoms with Gasteiger partial charge >= 0.3 is 12.1 Å². The van der Waals surface area contributed by atoms with Gasteiger partial charge in [0, 0.05) is 5.41 Å². The van der Waals surface area contributed by atoms with E-state index >= 15 is 0 Å². The zero-order valence-corrected chi connectivity index (χ0v) is 10.3. The fourth-order valence-electron chi connectivity index (χ4n) is 2.37. The van der Waals surface area contributed by atoms with E-state index in [9.17, 15) is 9.59 Å². The lowest BCUT2D eigenvalue weighted by Gasteiger charge is -2.35. The second-order valence-electron chi connectivity index (χ2n) is 5.55. The van der Waals surface area contributed by atoms with Crippen molar-refractivity contribution in [1.29, 1.82) is 0 Å². The number of carbonyl (C=O) groups is 2. The van der Waals surface area contributed by atoms with Crippen LogP contribution < -0.4 is 0 Å². The maximum Gasteiger partial charge on any atom is 0.411 e. The van der Waals surface area contributed by atoms with E-state index in [2.05, 4.69) is 0 Å². The first-order valence-corrected chi connectivity index (χ1v) is 5.53. The number of hydrogen-bond donors (Lipinski definition) is 1. The van der Waals surface area contributed by atoms with E-state index in [0.29, 0.717) is 0 Å². The Balaban J connectivity index is 2.21. The Hall–Kier alpha value is -1.30. The molecule has 6 heteroatoms. The first-order chi connectivity index (χ1) is 7.79. The second kappa shape index (κ2) is 3.60. The summed E-state index contributed by atoms with van der Waals surface area (Å²) in [7, 11) is 1.29. The van der Waals surface area contributed by atoms with Crippen molar-refractivity contribution in [3.8, 4) is 0 Å². The molecule has 1 aliphatic heterocycles. The van der Waals surface area contributed by atoms with Crippen molar-refractivity contribution in [2.24, 2.45) is 11.3 Å². The van der Waals surface area contributed by atoms with Crippen LogP contribution >= 0.6 is 0 Å². The monoisotopic (exact) mass is 243 g/mol. The molecule has 2 rings (SSSR count). The van der Waals surface area contributed by atoms with Gasteiger partial charge in [-0.3, -0.25) is 9.69 Å². The topological polar surface area (TPSA) is 76.1 Å². The minimum atomic E-state index is -0.929. The van der Waals surface area contributed by atoms with Crippen molar-refractivity contribution >= 4 is 12.1 Å². The van der Waals surface area contributed by atoms with Crippen LogP contribution in [-0.4, -0.2) is 47.6 Å². The highest BCUT2D eigenvalue weighted by atomic mass is 16.6. The molecule has 2 fully saturated rings. The average Bonchev–Trinajstić information content (AvgIpc) is 2.78. The molecule has 2 aliphatic rings. The Morgan fingerprint density at radius 3 is 2.35 bits per heavy atom. The summed E-state index contributed by atoms with van der Waals surface area (Å²) in [4.78, 5) is 24.1. The molecule has 4 unspecified atom stereocenters. The minimum Gasteiger partial charge on any atom is -0.481 e. The molecule has 6 nitrogen and oxygen atoms in total. The number of aliphatic carboxylic acids is 1. The number of ether oxygens (including phenoxy) is 2. The molecule has 0 bridgehead atoms. The van der Waals surface area contributed by atoms with Crippen molar-refractivity contribution in [3.63, 3.8) is 0 Å². The van der Waals surface area contributed by atoms with E-state index in [-0.39, 0.29) is 11.5 Å². The molecule has 1 amide bonds. The Bertz CT molecular complexity index is 361. The Labute approximate surface area is 99.5 Å². The van der Waals surface area contributed by atoms with Crippen LogP contribution in [0.25, 0.3) is 0 Å². The molecule has 0 aromatic rings. The fraction of sp³-hybridized carbons (Fsp3) is 0.818. The van der Waals surface area contributed by atoms with E-state index in [1.165, 1.54) is 12.0 Å². The zero-order valence-electron chi connectivity index (χ0n) is 10.3. The van der Waals surface area contributed by atoms with Crippen LogP contribution in [0.15, 0.2) is 0 Å². The number of nitrogens with zero attached hydrogens (tertiary/aromatic N) is 1. The van der Waals surface area contributed by atoms with Crippen LogP contribution in [0.2, 0.25) is 0 Å². The summed E-state index contributed by atoms with van der Waals surface area (Å²) in [5, 5.41) is 8.96. The third-order valence-corrected chi connectivity index (χ3v) is 3.19. The first-order valence-electron chi connectivity index (χ1n) is 5.53. The van der Waals surface area contributed by atoms with Gasteiger partial charge in [-0.05, 0) is 0 Å². The number of hydrogen-bond acceptors (Lipinski definition) is 4. The normalized spacial score (nSPS) is 35.4. The van der Waals surface area contributed by atoms with Crippen molar-refractivity contribution in [2.75, 3.05) is 7.11 Å². The van der Waals surface area contributed by atoms with Crippen molar-refractivity contribution in [3.05, 3.63) is 0 Å². The first kappa shape index (κ1) is 12.2. The quantitative estimate of drug-likeness (QED) is 0.740. The summed E-state index contributed by atoms with van der Waals surface area (Å²) >= 11 is 0. The number of fused-ring (bicyclic) bond motifs is 1. The lowest BCUT2D eigenvalue weighted by Crippen LogP contribution is -2.47. The third kappa shape index (κ3) is 1.76. The summed E-state index contributed by atoms with van der Waals surface area (Å²) in [6.07, 6.45) is -1.35. The minimum absolute atomic E-state index is 0.273. The van der Waals surface area contributed by atoms with Gasteiger partial charge in [0.2, 0.25) is 0 Å². The van der Waals surface area contributed by atoms with Gasteiger partial charge in [0.1, 0.15) is 12.1 Å². The summed E-state index contributed by atoms with van der Waals surface area (Å²) in [5.74, 6) is -1.55. The SMILES string of the molecule is COC(=O)N1C2C(OC1C(C)(C)C)C2C(=O)O. The molecule has 0 aromatic heterocycles. The van der Waals surface area contributed by atoms with Gasteiger partial charge in [0.05, 0.1) is 19.3 Å². The van der Waals surface area contributed by atoms with E-state index in [0.717, 1.165) is 0 Å². The standard InChI is InChI=1S/C11H17NO5/c1-11(2,3)9-12(10(15)16-4)6-5(8(13)14)7(6)17-9/h5-7,9H,1-4H3,(H,13,14).